The average Bonchev–Trinajstić information content (AvgIpc) is 2.47. The lowest BCUT2D eigenvalue weighted by Gasteiger charge is -2.22. The van der Waals surface area contributed by atoms with Gasteiger partial charge in [0.05, 0.1) is 6.04 Å². The normalized spacial score (nSPS) is 14.8. The molecule has 0 fully saturated rings. The molecule has 1 unspecified atom stereocenters. The quantitative estimate of drug-likeness (QED) is 0.673. The average molecular weight is 288 g/mol. The lowest BCUT2D eigenvalue weighted by Crippen LogP contribution is -2.29. The molecule has 0 aromatic heterocycles. The summed E-state index contributed by atoms with van der Waals surface area (Å²) in [4.78, 5) is 0. The first-order valence-electron chi connectivity index (χ1n) is 6.80. The minimum Gasteiger partial charge on any atom is -0.486 e. The first-order chi connectivity index (χ1) is 10.2. The zero-order valence-electron chi connectivity index (χ0n) is 11.7. The molecule has 0 bridgehead atoms. The van der Waals surface area contributed by atoms with Crippen molar-refractivity contribution in [3.63, 3.8) is 0 Å². The summed E-state index contributed by atoms with van der Waals surface area (Å²) >= 11 is 0. The molecule has 1 aliphatic rings. The molecular formula is C16H17FN2O2. The van der Waals surface area contributed by atoms with Gasteiger partial charge in [-0.2, -0.15) is 0 Å². The monoisotopic (exact) mass is 288 g/mol. The second-order valence-electron chi connectivity index (χ2n) is 5.06. The fourth-order valence-corrected chi connectivity index (χ4v) is 2.56. The Morgan fingerprint density at radius 3 is 2.52 bits per heavy atom. The fraction of sp³-hybridized carbons (Fsp3) is 0.250. The number of nitrogens with two attached hydrogens (primary N) is 1. The summed E-state index contributed by atoms with van der Waals surface area (Å²) < 4.78 is 24.7. The van der Waals surface area contributed by atoms with Crippen molar-refractivity contribution in [3.05, 3.63) is 58.9 Å². The summed E-state index contributed by atoms with van der Waals surface area (Å²) in [6.45, 7) is 2.92. The first-order valence-corrected chi connectivity index (χ1v) is 6.80. The number of halogens is 1. The van der Waals surface area contributed by atoms with Crippen molar-refractivity contribution in [3.8, 4) is 11.5 Å². The fourth-order valence-electron chi connectivity index (χ4n) is 2.56. The molecule has 1 aliphatic heterocycles. The van der Waals surface area contributed by atoms with Gasteiger partial charge in [-0.1, -0.05) is 12.1 Å². The van der Waals surface area contributed by atoms with E-state index in [1.807, 2.05) is 31.2 Å². The second kappa shape index (κ2) is 5.71. The molecule has 0 amide bonds. The van der Waals surface area contributed by atoms with Gasteiger partial charge >= 0.3 is 0 Å². The lowest BCUT2D eigenvalue weighted by molar-refractivity contribution is 0.171. The van der Waals surface area contributed by atoms with E-state index in [1.165, 1.54) is 12.1 Å². The SMILES string of the molecule is Cc1cc(F)cc(C(NN)c2ccc3c(c2)OCCO3)c1. The number of rotatable bonds is 3. The van der Waals surface area contributed by atoms with Crippen molar-refractivity contribution >= 4 is 0 Å². The summed E-state index contributed by atoms with van der Waals surface area (Å²) in [7, 11) is 0. The molecule has 110 valence electrons. The Labute approximate surface area is 122 Å². The Morgan fingerprint density at radius 2 is 1.81 bits per heavy atom. The van der Waals surface area contributed by atoms with Crippen molar-refractivity contribution in [2.75, 3.05) is 13.2 Å². The highest BCUT2D eigenvalue weighted by Crippen LogP contribution is 2.34. The van der Waals surface area contributed by atoms with Crippen LogP contribution in [0, 0.1) is 12.7 Å². The molecule has 2 aromatic rings. The van der Waals surface area contributed by atoms with Crippen LogP contribution in [-0.4, -0.2) is 13.2 Å². The number of benzene rings is 2. The van der Waals surface area contributed by atoms with Gasteiger partial charge in [0.15, 0.2) is 11.5 Å². The van der Waals surface area contributed by atoms with E-state index in [0.717, 1.165) is 22.4 Å². The van der Waals surface area contributed by atoms with Crippen LogP contribution in [0.25, 0.3) is 0 Å². The topological polar surface area (TPSA) is 56.5 Å². The van der Waals surface area contributed by atoms with Gasteiger partial charge < -0.3 is 9.47 Å². The highest BCUT2D eigenvalue weighted by atomic mass is 19.1. The van der Waals surface area contributed by atoms with Crippen LogP contribution in [0.5, 0.6) is 11.5 Å². The van der Waals surface area contributed by atoms with Gasteiger partial charge in [-0.05, 0) is 47.9 Å². The van der Waals surface area contributed by atoms with E-state index in [4.69, 9.17) is 15.3 Å². The summed E-state index contributed by atoms with van der Waals surface area (Å²) in [5.74, 6) is 6.80. The summed E-state index contributed by atoms with van der Waals surface area (Å²) in [5.41, 5.74) is 5.25. The third kappa shape index (κ3) is 2.84. The standard InChI is InChI=1S/C16H17FN2O2/c1-10-6-12(8-13(17)7-10)16(19-18)11-2-3-14-15(9-11)21-5-4-20-14/h2-3,6-9,16,19H,4-5,18H2,1H3. The van der Waals surface area contributed by atoms with E-state index in [9.17, 15) is 4.39 Å². The number of nitrogens with one attached hydrogen (secondary N) is 1. The molecule has 0 aliphatic carbocycles. The highest BCUT2D eigenvalue weighted by Gasteiger charge is 2.18. The van der Waals surface area contributed by atoms with Crippen LogP contribution < -0.4 is 20.7 Å². The van der Waals surface area contributed by atoms with Crippen molar-refractivity contribution in [2.45, 2.75) is 13.0 Å². The Bertz CT molecular complexity index is 640. The van der Waals surface area contributed by atoms with E-state index < -0.39 is 0 Å². The van der Waals surface area contributed by atoms with Gasteiger partial charge in [-0.25, -0.2) is 9.82 Å². The number of hydrazine groups is 1. The number of hydrogen-bond acceptors (Lipinski definition) is 4. The van der Waals surface area contributed by atoms with Crippen LogP contribution >= 0.6 is 0 Å². The number of ether oxygens (including phenoxy) is 2. The van der Waals surface area contributed by atoms with E-state index in [0.29, 0.717) is 19.0 Å². The van der Waals surface area contributed by atoms with Crippen LogP contribution in [0.1, 0.15) is 22.7 Å². The smallest absolute Gasteiger partial charge is 0.161 e. The molecule has 4 nitrogen and oxygen atoms in total. The molecule has 0 radical (unpaired) electrons. The lowest BCUT2D eigenvalue weighted by atomic mass is 9.97. The molecule has 1 atom stereocenters. The molecular weight excluding hydrogens is 271 g/mol. The van der Waals surface area contributed by atoms with Crippen LogP contribution in [0.4, 0.5) is 4.39 Å². The maximum absolute atomic E-state index is 13.6. The minimum absolute atomic E-state index is 0.275. The van der Waals surface area contributed by atoms with Crippen LogP contribution in [0.15, 0.2) is 36.4 Å². The van der Waals surface area contributed by atoms with Gasteiger partial charge in [-0.3, -0.25) is 5.84 Å². The third-order valence-electron chi connectivity index (χ3n) is 3.46. The number of aryl methyl sites for hydroxylation is 1. The first kappa shape index (κ1) is 13.9. The van der Waals surface area contributed by atoms with Gasteiger partial charge in [0.25, 0.3) is 0 Å². The van der Waals surface area contributed by atoms with Crippen molar-refractivity contribution in [1.82, 2.24) is 5.43 Å². The minimum atomic E-state index is -0.310. The Balaban J connectivity index is 1.99. The summed E-state index contributed by atoms with van der Waals surface area (Å²) in [5, 5.41) is 0. The molecule has 2 aromatic carbocycles. The van der Waals surface area contributed by atoms with E-state index >= 15 is 0 Å². The van der Waals surface area contributed by atoms with Crippen molar-refractivity contribution in [1.29, 1.82) is 0 Å². The number of fused-ring (bicyclic) bond motifs is 1. The molecule has 3 rings (SSSR count). The van der Waals surface area contributed by atoms with Gasteiger partial charge in [0.1, 0.15) is 19.0 Å². The van der Waals surface area contributed by atoms with E-state index in [-0.39, 0.29) is 11.9 Å². The molecule has 0 saturated carbocycles. The predicted octanol–water partition coefficient (Wildman–Crippen LogP) is 2.46. The molecule has 21 heavy (non-hydrogen) atoms. The Kier molecular flexibility index (Phi) is 3.77. The van der Waals surface area contributed by atoms with Crippen LogP contribution in [-0.2, 0) is 0 Å². The van der Waals surface area contributed by atoms with E-state index in [1.54, 1.807) is 0 Å². The highest BCUT2D eigenvalue weighted by molar-refractivity contribution is 5.46. The molecule has 0 saturated heterocycles. The summed E-state index contributed by atoms with van der Waals surface area (Å²) in [6, 6.07) is 10.2. The molecule has 5 heteroatoms. The van der Waals surface area contributed by atoms with Gasteiger partial charge in [0, 0.05) is 0 Å². The predicted molar refractivity (Wildman–Crippen MR) is 77.7 cm³/mol. The van der Waals surface area contributed by atoms with Crippen LogP contribution in [0.2, 0.25) is 0 Å². The van der Waals surface area contributed by atoms with E-state index in [2.05, 4.69) is 5.43 Å². The zero-order valence-corrected chi connectivity index (χ0v) is 11.7. The molecule has 3 N–H and O–H groups in total. The van der Waals surface area contributed by atoms with Crippen LogP contribution in [0.3, 0.4) is 0 Å². The molecule has 1 heterocycles. The van der Waals surface area contributed by atoms with Crippen molar-refractivity contribution in [2.24, 2.45) is 5.84 Å². The van der Waals surface area contributed by atoms with Gasteiger partial charge in [0.2, 0.25) is 0 Å². The molecule has 0 spiro atoms. The Hall–Kier alpha value is -2.11. The largest absolute Gasteiger partial charge is 0.486 e. The zero-order chi connectivity index (χ0) is 14.8. The van der Waals surface area contributed by atoms with Crippen molar-refractivity contribution < 1.29 is 13.9 Å². The maximum Gasteiger partial charge on any atom is 0.161 e. The summed E-state index contributed by atoms with van der Waals surface area (Å²) in [6.07, 6.45) is 0. The maximum atomic E-state index is 13.6. The van der Waals surface area contributed by atoms with Gasteiger partial charge in [-0.15, -0.1) is 0 Å². The second-order valence-corrected chi connectivity index (χ2v) is 5.06. The third-order valence-corrected chi connectivity index (χ3v) is 3.46. The number of hydrogen-bond donors (Lipinski definition) is 2. The Morgan fingerprint density at radius 1 is 1.05 bits per heavy atom.